The van der Waals surface area contributed by atoms with Crippen molar-refractivity contribution in [3.05, 3.63) is 164 Å². The molecule has 0 bridgehead atoms. The quantitative estimate of drug-likeness (QED) is 0.107. The maximum absolute atomic E-state index is 14.5. The molecule has 13 heteroatoms. The molecule has 65 heavy (non-hydrogen) atoms. The van der Waals surface area contributed by atoms with Gasteiger partial charge in [0.05, 0.1) is 0 Å². The summed E-state index contributed by atoms with van der Waals surface area (Å²) in [5, 5.41) is 0. The summed E-state index contributed by atoms with van der Waals surface area (Å²) in [7, 11) is -1.77. The van der Waals surface area contributed by atoms with Crippen molar-refractivity contribution in [3.8, 4) is 0 Å². The first-order valence-electron chi connectivity index (χ1n) is 21.9. The van der Waals surface area contributed by atoms with E-state index in [9.17, 15) is 16.8 Å². The summed E-state index contributed by atoms with van der Waals surface area (Å²) in [6.45, 7) is 25.4. The molecule has 2 N–H and O–H groups in total. The van der Waals surface area contributed by atoms with Crippen molar-refractivity contribution in [2.45, 2.75) is 92.9 Å². The van der Waals surface area contributed by atoms with E-state index in [4.69, 9.17) is 2.79 Å². The van der Waals surface area contributed by atoms with E-state index in [1.807, 2.05) is 24.3 Å². The normalized spacial score (nSPS) is 12.6. The molecule has 0 aliphatic rings. The van der Waals surface area contributed by atoms with Gasteiger partial charge in [-0.1, -0.05) is 0 Å². The van der Waals surface area contributed by atoms with Crippen LogP contribution < -0.4 is 26.1 Å². The zero-order valence-electron chi connectivity index (χ0n) is 41.0. The molecule has 0 saturated carbocycles. The third kappa shape index (κ3) is 9.39. The van der Waals surface area contributed by atoms with Gasteiger partial charge in [-0.3, -0.25) is 0 Å². The Morgan fingerprint density at radius 1 is 0.385 bits per heavy atom. The molecule has 0 aliphatic carbocycles. The summed E-state index contributed by atoms with van der Waals surface area (Å²) >= 11 is -10.2. The average Bonchev–Trinajstić information content (AvgIpc) is 3.16. The molecule has 6 rings (SSSR count). The van der Waals surface area contributed by atoms with E-state index in [1.54, 1.807) is 52.5 Å². The van der Waals surface area contributed by atoms with Gasteiger partial charge in [-0.05, 0) is 0 Å². The van der Waals surface area contributed by atoms with Crippen LogP contribution in [-0.2, 0) is 22.8 Å². The van der Waals surface area contributed by atoms with Crippen LogP contribution >= 0.6 is 0 Å². The van der Waals surface area contributed by atoms with Gasteiger partial charge < -0.3 is 0 Å². The first-order chi connectivity index (χ1) is 30.3. The number of rotatable bonds is 14. The number of aryl methyl sites for hydroxylation is 12. The van der Waals surface area contributed by atoms with Crippen molar-refractivity contribution in [3.63, 3.8) is 0 Å². The monoisotopic (exact) mass is 1040 g/mol. The van der Waals surface area contributed by atoms with Crippen molar-refractivity contribution >= 4 is 76.7 Å². The second-order valence-corrected chi connectivity index (χ2v) is 36.2. The van der Waals surface area contributed by atoms with Crippen LogP contribution in [0.2, 0.25) is 0 Å². The molecular weight excluding hydrogens is 970 g/mol. The first kappa shape index (κ1) is 50.2. The Balaban J connectivity index is 1.98. The maximum atomic E-state index is 14.5. The van der Waals surface area contributed by atoms with Gasteiger partial charge >= 0.3 is 398 Å². The fourth-order valence-corrected chi connectivity index (χ4v) is 40.5. The van der Waals surface area contributed by atoms with Crippen LogP contribution in [0.15, 0.2) is 107 Å². The van der Waals surface area contributed by atoms with Gasteiger partial charge in [0.15, 0.2) is 0 Å². The Labute approximate surface area is 395 Å². The van der Waals surface area contributed by atoms with E-state index in [0.717, 1.165) is 84.3 Å². The van der Waals surface area contributed by atoms with Crippen molar-refractivity contribution in [1.82, 2.24) is 8.61 Å². The van der Waals surface area contributed by atoms with Crippen molar-refractivity contribution in [1.29, 1.82) is 0 Å². The summed E-state index contributed by atoms with van der Waals surface area (Å²) in [5.74, 6) is 0. The third-order valence-corrected chi connectivity index (χ3v) is 39.2. The molecule has 0 radical (unpaired) electrons. The Hall–Kier alpha value is -4.21. The molecule has 0 aliphatic heterocycles. The summed E-state index contributed by atoms with van der Waals surface area (Å²) in [5.41, 5.74) is 13.4. The fraction of sp³-hybridized carbons (Fsp3) is 0.308. The van der Waals surface area contributed by atoms with Crippen LogP contribution in [0.3, 0.4) is 0 Å². The van der Waals surface area contributed by atoms with Gasteiger partial charge in [-0.2, -0.15) is 0 Å². The first-order valence-corrected chi connectivity index (χ1v) is 32.8. The third-order valence-electron chi connectivity index (χ3n) is 12.3. The van der Waals surface area contributed by atoms with Crippen LogP contribution in [-0.4, -0.2) is 81.3 Å². The van der Waals surface area contributed by atoms with Crippen molar-refractivity contribution in [2.75, 3.05) is 36.7 Å². The van der Waals surface area contributed by atoms with Crippen LogP contribution in [0, 0.1) is 83.1 Å². The van der Waals surface area contributed by atoms with Gasteiger partial charge in [0.2, 0.25) is 0 Å². The van der Waals surface area contributed by atoms with Gasteiger partial charge in [-0.15, -0.1) is 0 Å². The summed E-state index contributed by atoms with van der Waals surface area (Å²) in [6, 6.07) is 31.8. The van der Waals surface area contributed by atoms with Gasteiger partial charge in [0, 0.05) is 0 Å². The number of nitrogens with one attached hydrogen (secondary N) is 2. The Morgan fingerprint density at radius 3 is 0.815 bits per heavy atom. The molecule has 6 aromatic carbocycles. The number of sulfonamides is 2. The van der Waals surface area contributed by atoms with Crippen molar-refractivity contribution < 1.29 is 19.6 Å². The summed E-state index contributed by atoms with van der Waals surface area (Å²) in [4.78, 5) is 0.264. The SMILES string of the molecule is Cc1cc(C)[c]([Ge]([NH]c2ccccc2S(=O)(=O)N(C)C)([O][Ge]([NH]c2ccccc2S(=O)(=O)N(C)C)([c]2c(C)cc(C)cc2C)[c]2c(C)cc(C)cc2C)[c]2c(C)cc(C)cc2C)c(C)c1. The molecule has 0 amide bonds. The Kier molecular flexibility index (Phi) is 14.5. The number of nitrogens with zero attached hydrogens (tertiary/aromatic N) is 2. The van der Waals surface area contributed by atoms with Gasteiger partial charge in [0.1, 0.15) is 0 Å². The predicted molar refractivity (Wildman–Crippen MR) is 276 cm³/mol. The number of anilines is 2. The van der Waals surface area contributed by atoms with Crippen molar-refractivity contribution in [2.24, 2.45) is 0 Å². The molecule has 0 unspecified atom stereocenters. The Morgan fingerprint density at radius 2 is 0.600 bits per heavy atom. The molecular formula is C52H66Ge2N4O5S2. The van der Waals surface area contributed by atoms with Crippen LogP contribution in [0.1, 0.15) is 66.8 Å². The van der Waals surface area contributed by atoms with Gasteiger partial charge in [0.25, 0.3) is 0 Å². The molecule has 9 nitrogen and oxygen atoms in total. The number of para-hydroxylation sites is 2. The predicted octanol–water partition coefficient (Wildman–Crippen LogP) is 7.94. The van der Waals surface area contributed by atoms with Crippen LogP contribution in [0.4, 0.5) is 11.4 Å². The molecule has 6 aromatic rings. The van der Waals surface area contributed by atoms with E-state index in [0.29, 0.717) is 11.4 Å². The second kappa shape index (κ2) is 18.8. The van der Waals surface area contributed by atoms with E-state index in [2.05, 4.69) is 140 Å². The average molecular weight is 1040 g/mol. The zero-order valence-corrected chi connectivity index (χ0v) is 46.8. The minimum atomic E-state index is -5.08. The molecule has 0 heterocycles. The molecule has 0 aromatic heterocycles. The van der Waals surface area contributed by atoms with Crippen LogP contribution in [0.5, 0.6) is 0 Å². The Bertz CT molecular complexity index is 2650. The molecule has 0 atom stereocenters. The summed E-state index contributed by atoms with van der Waals surface area (Å²) in [6.07, 6.45) is 0. The zero-order chi connectivity index (χ0) is 48.1. The number of benzene rings is 6. The van der Waals surface area contributed by atoms with Gasteiger partial charge in [-0.25, -0.2) is 0 Å². The second-order valence-electron chi connectivity index (χ2n) is 18.4. The topological polar surface area (TPSA) is 108 Å². The molecule has 0 fully saturated rings. The van der Waals surface area contributed by atoms with Crippen LogP contribution in [0.25, 0.3) is 0 Å². The number of hydrogen-bond acceptors (Lipinski definition) is 7. The molecule has 0 saturated heterocycles. The van der Waals surface area contributed by atoms with E-state index >= 15 is 0 Å². The minimum absolute atomic E-state index is 0.132. The molecule has 344 valence electrons. The van der Waals surface area contributed by atoms with E-state index < -0.39 is 47.7 Å². The fourth-order valence-electron chi connectivity index (χ4n) is 10.3. The van der Waals surface area contributed by atoms with E-state index in [1.165, 1.54) is 8.61 Å². The standard InChI is InChI=1S/C52H66Ge2N4O5S2/c1-33-25-37(5)49(38(6)26-33)53(50-39(7)27-34(2)28-40(50)8,55-45-21-17-19-23-47(45)64(59,60)57(13)14)63-54(51-41(9)29-35(3)30-42(51)10,52-43(11)31-36(4)32-44(52)12)56-46-22-18-20-24-48(46)65(61,62)58(15)16/h17-32,55-56H,1-16H3. The number of hydrogen-bond donors (Lipinski definition) is 2. The molecule has 0 spiro atoms. The summed E-state index contributed by atoms with van der Waals surface area (Å²) < 4.78 is 81.7. The van der Waals surface area contributed by atoms with E-state index in [-0.39, 0.29) is 9.79 Å².